The highest BCUT2D eigenvalue weighted by Crippen LogP contribution is 2.50. The molecule has 0 bridgehead atoms. The number of rotatable bonds is 5. The van der Waals surface area contributed by atoms with Crippen LogP contribution < -0.4 is 5.73 Å². The molecule has 2 spiro atoms. The summed E-state index contributed by atoms with van der Waals surface area (Å²) in [6, 6.07) is 2.37. The predicted molar refractivity (Wildman–Crippen MR) is 116 cm³/mol. The van der Waals surface area contributed by atoms with Gasteiger partial charge in [-0.3, -0.25) is 9.78 Å². The van der Waals surface area contributed by atoms with Crippen molar-refractivity contribution < 1.29 is 22.7 Å². The molecule has 1 saturated carbocycles. The van der Waals surface area contributed by atoms with E-state index in [0.717, 1.165) is 56.9 Å². The first kappa shape index (κ1) is 22.5. The first-order valence-corrected chi connectivity index (χ1v) is 12.0. The van der Waals surface area contributed by atoms with Gasteiger partial charge in [-0.1, -0.05) is 0 Å². The number of nitrogens with zero attached hydrogens (tertiary/aromatic N) is 4. The van der Waals surface area contributed by atoms with Crippen molar-refractivity contribution in [3.05, 3.63) is 40.7 Å². The van der Waals surface area contributed by atoms with E-state index in [1.54, 1.807) is 4.90 Å². The molecular weight excluding hydrogens is 455 g/mol. The Hall–Kier alpha value is -2.24. The van der Waals surface area contributed by atoms with Gasteiger partial charge in [0.15, 0.2) is 5.13 Å². The number of alkyl halides is 3. The Morgan fingerprint density at radius 3 is 2.48 bits per heavy atom. The molecule has 2 aromatic heterocycles. The van der Waals surface area contributed by atoms with Crippen LogP contribution in [0.15, 0.2) is 23.7 Å². The quantitative estimate of drug-likeness (QED) is 0.707. The molecule has 1 aliphatic carbocycles. The maximum atomic E-state index is 13.1. The summed E-state index contributed by atoms with van der Waals surface area (Å²) in [7, 11) is 0. The van der Waals surface area contributed by atoms with Crippen molar-refractivity contribution in [3.8, 4) is 0 Å². The van der Waals surface area contributed by atoms with E-state index in [1.807, 2.05) is 5.38 Å². The van der Waals surface area contributed by atoms with Gasteiger partial charge in [-0.15, -0.1) is 11.3 Å². The molecule has 0 aromatic carbocycles. The third-order valence-electron chi connectivity index (χ3n) is 6.80. The Morgan fingerprint density at radius 2 is 1.91 bits per heavy atom. The van der Waals surface area contributed by atoms with E-state index in [0.29, 0.717) is 30.2 Å². The van der Waals surface area contributed by atoms with Crippen LogP contribution in [-0.2, 0) is 28.7 Å². The van der Waals surface area contributed by atoms with Gasteiger partial charge in [-0.05, 0) is 37.8 Å². The van der Waals surface area contributed by atoms with Crippen LogP contribution in [0.1, 0.15) is 42.6 Å². The van der Waals surface area contributed by atoms with Crippen molar-refractivity contribution in [2.24, 2.45) is 0 Å². The second kappa shape index (κ2) is 8.21. The number of thiazole rings is 1. The first-order chi connectivity index (χ1) is 15.7. The lowest BCUT2D eigenvalue weighted by Gasteiger charge is -2.50. The molecule has 3 aliphatic rings. The lowest BCUT2D eigenvalue weighted by Crippen LogP contribution is -2.62. The number of anilines is 1. The number of carbonyl (C=O) groups is 1. The molecule has 3 fully saturated rings. The number of ether oxygens (including phenoxy) is 1. The van der Waals surface area contributed by atoms with Crippen LogP contribution in [0, 0.1) is 0 Å². The van der Waals surface area contributed by atoms with E-state index < -0.39 is 22.9 Å². The molecular formula is C22H26F3N5O2S. The van der Waals surface area contributed by atoms with E-state index in [-0.39, 0.29) is 12.5 Å². The number of nitrogens with two attached hydrogens (primary N) is 1. The molecule has 2 N–H and O–H groups in total. The van der Waals surface area contributed by atoms with E-state index in [1.165, 1.54) is 17.4 Å². The minimum Gasteiger partial charge on any atom is -0.375 e. The standard InChI is InChI=1S/C22H26F3N5O2S/c23-22(24,25)15-1-2-16(27-11-15)12-30-14-20(32-21(4-5-21)18(30)31)6-9-29(10-7-20)8-3-17-13-33-19(26)28-17/h1-2,11,13H,3-10,12,14H2,(H2,26,28). The fraction of sp³-hybridized carbons (Fsp3) is 0.591. The zero-order valence-corrected chi connectivity index (χ0v) is 18.9. The minimum absolute atomic E-state index is 0.0710. The normalized spacial score (nSPS) is 22.3. The summed E-state index contributed by atoms with van der Waals surface area (Å²) in [6.07, 6.45) is 0.241. The number of hydrogen-bond donors (Lipinski definition) is 1. The van der Waals surface area contributed by atoms with Crippen molar-refractivity contribution in [1.82, 2.24) is 19.8 Å². The average molecular weight is 482 g/mol. The molecule has 0 unspecified atom stereocenters. The zero-order valence-electron chi connectivity index (χ0n) is 18.1. The number of amides is 1. The summed E-state index contributed by atoms with van der Waals surface area (Å²) >= 11 is 1.45. The SMILES string of the molecule is Nc1nc(CCN2CCC3(CC2)CN(Cc2ccc(C(F)(F)F)cn2)C(=O)C2(CC2)O3)cs1. The van der Waals surface area contributed by atoms with Gasteiger partial charge in [0.2, 0.25) is 0 Å². The smallest absolute Gasteiger partial charge is 0.375 e. The van der Waals surface area contributed by atoms with Gasteiger partial charge in [-0.25, -0.2) is 4.98 Å². The molecule has 1 amide bonds. The van der Waals surface area contributed by atoms with Gasteiger partial charge < -0.3 is 20.3 Å². The van der Waals surface area contributed by atoms with Crippen LogP contribution >= 0.6 is 11.3 Å². The van der Waals surface area contributed by atoms with Crippen molar-refractivity contribution in [3.63, 3.8) is 0 Å². The maximum Gasteiger partial charge on any atom is 0.417 e. The predicted octanol–water partition coefficient (Wildman–Crippen LogP) is 3.11. The highest BCUT2D eigenvalue weighted by Gasteiger charge is 2.61. The molecule has 0 radical (unpaired) electrons. The summed E-state index contributed by atoms with van der Waals surface area (Å²) in [4.78, 5) is 25.5. The van der Waals surface area contributed by atoms with Gasteiger partial charge in [0.1, 0.15) is 5.60 Å². The van der Waals surface area contributed by atoms with Crippen LogP contribution in [0.5, 0.6) is 0 Å². The lowest BCUT2D eigenvalue weighted by molar-refractivity contribution is -0.201. The number of aromatic nitrogens is 2. The van der Waals surface area contributed by atoms with Crippen molar-refractivity contribution in [2.75, 3.05) is 31.9 Å². The number of nitrogen functional groups attached to an aromatic ring is 1. The Morgan fingerprint density at radius 1 is 1.15 bits per heavy atom. The number of pyridine rings is 1. The fourth-order valence-electron chi connectivity index (χ4n) is 4.79. The number of morpholine rings is 1. The number of hydrogen-bond acceptors (Lipinski definition) is 7. The van der Waals surface area contributed by atoms with Crippen LogP contribution in [0.3, 0.4) is 0 Å². The Labute approximate surface area is 193 Å². The van der Waals surface area contributed by atoms with Gasteiger partial charge in [0, 0.05) is 37.6 Å². The van der Waals surface area contributed by atoms with Crippen molar-refractivity contribution in [2.45, 2.75) is 56.0 Å². The summed E-state index contributed by atoms with van der Waals surface area (Å²) in [6.45, 7) is 3.24. The monoisotopic (exact) mass is 481 g/mol. The summed E-state index contributed by atoms with van der Waals surface area (Å²) in [5.74, 6) is -0.0710. The highest BCUT2D eigenvalue weighted by molar-refractivity contribution is 7.13. The highest BCUT2D eigenvalue weighted by atomic mass is 32.1. The second-order valence-electron chi connectivity index (χ2n) is 9.25. The number of halogens is 3. The van der Waals surface area contributed by atoms with E-state index in [9.17, 15) is 18.0 Å². The van der Waals surface area contributed by atoms with Gasteiger partial charge >= 0.3 is 6.18 Å². The van der Waals surface area contributed by atoms with Crippen LogP contribution in [0.25, 0.3) is 0 Å². The van der Waals surface area contributed by atoms with Crippen LogP contribution in [0.2, 0.25) is 0 Å². The molecule has 178 valence electrons. The molecule has 2 aliphatic heterocycles. The Kier molecular flexibility index (Phi) is 5.61. The van der Waals surface area contributed by atoms with Crippen molar-refractivity contribution in [1.29, 1.82) is 0 Å². The maximum absolute atomic E-state index is 13.1. The summed E-state index contributed by atoms with van der Waals surface area (Å²) in [5.41, 5.74) is 5.19. The third-order valence-corrected chi connectivity index (χ3v) is 7.52. The molecule has 0 atom stereocenters. The number of likely N-dealkylation sites (tertiary alicyclic amines) is 1. The molecule has 4 heterocycles. The molecule has 2 aromatic rings. The summed E-state index contributed by atoms with van der Waals surface area (Å²) in [5, 5.41) is 2.57. The first-order valence-electron chi connectivity index (χ1n) is 11.1. The third kappa shape index (κ3) is 4.71. The Bertz CT molecular complexity index is 1010. The second-order valence-corrected chi connectivity index (χ2v) is 10.1. The van der Waals surface area contributed by atoms with Gasteiger partial charge in [-0.2, -0.15) is 13.2 Å². The topological polar surface area (TPSA) is 84.6 Å². The average Bonchev–Trinajstić information content (AvgIpc) is 3.42. The summed E-state index contributed by atoms with van der Waals surface area (Å²) < 4.78 is 45.0. The van der Waals surface area contributed by atoms with Crippen molar-refractivity contribution >= 4 is 22.4 Å². The number of carbonyl (C=O) groups excluding carboxylic acids is 1. The zero-order chi connectivity index (χ0) is 23.3. The lowest BCUT2D eigenvalue weighted by atomic mass is 9.87. The number of piperidine rings is 1. The van der Waals surface area contributed by atoms with E-state index in [2.05, 4.69) is 14.9 Å². The fourth-order valence-corrected chi connectivity index (χ4v) is 5.39. The minimum atomic E-state index is -4.43. The Balaban J connectivity index is 1.23. The van der Waals surface area contributed by atoms with Gasteiger partial charge in [0.25, 0.3) is 5.91 Å². The van der Waals surface area contributed by atoms with Gasteiger partial charge in [0.05, 0.1) is 35.6 Å². The van der Waals surface area contributed by atoms with E-state index in [4.69, 9.17) is 10.5 Å². The van der Waals surface area contributed by atoms with Crippen LogP contribution in [-0.4, -0.2) is 63.1 Å². The molecule has 7 nitrogen and oxygen atoms in total. The van der Waals surface area contributed by atoms with Crippen LogP contribution in [0.4, 0.5) is 18.3 Å². The molecule has 33 heavy (non-hydrogen) atoms. The molecule has 5 rings (SSSR count). The van der Waals surface area contributed by atoms with E-state index >= 15 is 0 Å². The largest absolute Gasteiger partial charge is 0.417 e. The molecule has 11 heteroatoms. The molecule has 2 saturated heterocycles.